The van der Waals surface area contributed by atoms with E-state index in [-0.39, 0.29) is 5.41 Å². The second-order valence-corrected chi connectivity index (χ2v) is 5.81. The molecule has 0 bridgehead atoms. The Bertz CT molecular complexity index is 360. The smallest absolute Gasteiger partial charge is 0.122 e. The van der Waals surface area contributed by atoms with Gasteiger partial charge >= 0.3 is 0 Å². The molecule has 1 aromatic rings. The average molecular weight is 249 g/mol. The van der Waals surface area contributed by atoms with Crippen molar-refractivity contribution in [3.05, 3.63) is 29.8 Å². The SMILES string of the molecule is CCC(C)c1ccccc1OCCC(C)(C)CN. The molecule has 0 saturated carbocycles. The quantitative estimate of drug-likeness (QED) is 0.794. The van der Waals surface area contributed by atoms with Crippen molar-refractivity contribution in [2.75, 3.05) is 13.2 Å². The maximum atomic E-state index is 5.94. The van der Waals surface area contributed by atoms with E-state index in [1.807, 2.05) is 6.07 Å². The Morgan fingerprint density at radius 1 is 1.28 bits per heavy atom. The molecule has 2 N–H and O–H groups in total. The number of hydrogen-bond donors (Lipinski definition) is 1. The zero-order valence-electron chi connectivity index (χ0n) is 12.2. The first kappa shape index (κ1) is 15.0. The molecule has 18 heavy (non-hydrogen) atoms. The van der Waals surface area contributed by atoms with Crippen LogP contribution in [0.5, 0.6) is 5.75 Å². The fourth-order valence-corrected chi connectivity index (χ4v) is 1.78. The highest BCUT2D eigenvalue weighted by Crippen LogP contribution is 2.29. The number of benzene rings is 1. The third-order valence-electron chi connectivity index (χ3n) is 3.65. The highest BCUT2D eigenvalue weighted by atomic mass is 16.5. The van der Waals surface area contributed by atoms with Crippen LogP contribution in [0.2, 0.25) is 0 Å². The summed E-state index contributed by atoms with van der Waals surface area (Å²) >= 11 is 0. The topological polar surface area (TPSA) is 35.2 Å². The van der Waals surface area contributed by atoms with Crippen molar-refractivity contribution < 1.29 is 4.74 Å². The Labute approximate surface area is 112 Å². The monoisotopic (exact) mass is 249 g/mol. The highest BCUT2D eigenvalue weighted by Gasteiger charge is 2.16. The summed E-state index contributed by atoms with van der Waals surface area (Å²) < 4.78 is 5.94. The summed E-state index contributed by atoms with van der Waals surface area (Å²) in [4.78, 5) is 0. The number of nitrogens with two attached hydrogens (primary N) is 1. The molecule has 1 rings (SSSR count). The van der Waals surface area contributed by atoms with Crippen LogP contribution in [-0.2, 0) is 0 Å². The first-order valence-electron chi connectivity index (χ1n) is 6.92. The Morgan fingerprint density at radius 2 is 1.94 bits per heavy atom. The van der Waals surface area contributed by atoms with Crippen LogP contribution in [0.1, 0.15) is 52.0 Å². The van der Waals surface area contributed by atoms with Gasteiger partial charge in [-0.3, -0.25) is 0 Å². The minimum atomic E-state index is 0.158. The van der Waals surface area contributed by atoms with Gasteiger partial charge in [-0.15, -0.1) is 0 Å². The minimum absolute atomic E-state index is 0.158. The summed E-state index contributed by atoms with van der Waals surface area (Å²) in [5, 5.41) is 0. The summed E-state index contributed by atoms with van der Waals surface area (Å²) in [6, 6.07) is 8.35. The zero-order chi connectivity index (χ0) is 13.6. The van der Waals surface area contributed by atoms with E-state index >= 15 is 0 Å². The van der Waals surface area contributed by atoms with E-state index in [2.05, 4.69) is 45.9 Å². The lowest BCUT2D eigenvalue weighted by Gasteiger charge is -2.23. The molecule has 0 radical (unpaired) electrons. The van der Waals surface area contributed by atoms with Crippen LogP contribution in [0.3, 0.4) is 0 Å². The summed E-state index contributed by atoms with van der Waals surface area (Å²) in [6.07, 6.45) is 2.12. The molecule has 0 heterocycles. The predicted molar refractivity (Wildman–Crippen MR) is 78.1 cm³/mol. The van der Waals surface area contributed by atoms with Crippen LogP contribution in [0, 0.1) is 5.41 Å². The van der Waals surface area contributed by atoms with E-state index in [1.54, 1.807) is 0 Å². The molecule has 0 aliphatic heterocycles. The molecule has 0 amide bonds. The fourth-order valence-electron chi connectivity index (χ4n) is 1.78. The van der Waals surface area contributed by atoms with E-state index < -0.39 is 0 Å². The Kier molecular flexibility index (Phi) is 5.67. The molecule has 1 unspecified atom stereocenters. The molecule has 1 aromatic carbocycles. The maximum Gasteiger partial charge on any atom is 0.122 e. The van der Waals surface area contributed by atoms with Crippen molar-refractivity contribution >= 4 is 0 Å². The summed E-state index contributed by atoms with van der Waals surface area (Å²) in [6.45, 7) is 10.2. The van der Waals surface area contributed by atoms with Gasteiger partial charge < -0.3 is 10.5 Å². The molecule has 0 fully saturated rings. The third kappa shape index (κ3) is 4.34. The van der Waals surface area contributed by atoms with Crippen molar-refractivity contribution in [2.45, 2.75) is 46.5 Å². The second kappa shape index (κ2) is 6.79. The molecule has 0 spiro atoms. The van der Waals surface area contributed by atoms with Crippen LogP contribution in [-0.4, -0.2) is 13.2 Å². The number of para-hydroxylation sites is 1. The Hall–Kier alpha value is -1.02. The van der Waals surface area contributed by atoms with Gasteiger partial charge in [0.05, 0.1) is 6.61 Å². The van der Waals surface area contributed by atoms with Gasteiger partial charge in [0.15, 0.2) is 0 Å². The zero-order valence-corrected chi connectivity index (χ0v) is 12.2. The first-order chi connectivity index (χ1) is 8.50. The average Bonchev–Trinajstić information content (AvgIpc) is 2.38. The van der Waals surface area contributed by atoms with Crippen molar-refractivity contribution in [3.63, 3.8) is 0 Å². The molecular formula is C16H27NO. The van der Waals surface area contributed by atoms with Crippen molar-refractivity contribution in [3.8, 4) is 5.75 Å². The molecule has 2 heteroatoms. The minimum Gasteiger partial charge on any atom is -0.493 e. The highest BCUT2D eigenvalue weighted by molar-refractivity contribution is 5.35. The summed E-state index contributed by atoms with van der Waals surface area (Å²) in [5.74, 6) is 1.57. The van der Waals surface area contributed by atoms with Gasteiger partial charge in [0, 0.05) is 0 Å². The lowest BCUT2D eigenvalue weighted by atomic mass is 9.90. The molecule has 0 aliphatic carbocycles. The van der Waals surface area contributed by atoms with E-state index in [9.17, 15) is 0 Å². The molecule has 1 atom stereocenters. The van der Waals surface area contributed by atoms with Gasteiger partial charge in [-0.2, -0.15) is 0 Å². The van der Waals surface area contributed by atoms with Crippen LogP contribution >= 0.6 is 0 Å². The molecule has 0 aliphatic rings. The van der Waals surface area contributed by atoms with Crippen molar-refractivity contribution in [1.82, 2.24) is 0 Å². The van der Waals surface area contributed by atoms with Gasteiger partial charge in [-0.25, -0.2) is 0 Å². The van der Waals surface area contributed by atoms with Crippen LogP contribution in [0.25, 0.3) is 0 Å². The molecule has 2 nitrogen and oxygen atoms in total. The second-order valence-electron chi connectivity index (χ2n) is 5.81. The number of rotatable bonds is 7. The lowest BCUT2D eigenvalue weighted by molar-refractivity contribution is 0.231. The number of hydrogen-bond acceptors (Lipinski definition) is 2. The normalized spacial score (nSPS) is 13.4. The van der Waals surface area contributed by atoms with Crippen LogP contribution in [0.15, 0.2) is 24.3 Å². The summed E-state index contributed by atoms with van der Waals surface area (Å²) in [7, 11) is 0. The molecule has 102 valence electrons. The van der Waals surface area contributed by atoms with E-state index in [4.69, 9.17) is 10.5 Å². The van der Waals surface area contributed by atoms with E-state index in [0.717, 1.165) is 25.2 Å². The summed E-state index contributed by atoms with van der Waals surface area (Å²) in [5.41, 5.74) is 7.20. The molecular weight excluding hydrogens is 222 g/mol. The number of ether oxygens (including phenoxy) is 1. The standard InChI is InChI=1S/C16H27NO/c1-5-13(2)14-8-6-7-9-15(14)18-11-10-16(3,4)12-17/h6-9,13H,5,10-12,17H2,1-4H3. The van der Waals surface area contributed by atoms with E-state index in [1.165, 1.54) is 5.56 Å². The third-order valence-corrected chi connectivity index (χ3v) is 3.65. The fraction of sp³-hybridized carbons (Fsp3) is 0.625. The van der Waals surface area contributed by atoms with Gasteiger partial charge in [0.1, 0.15) is 5.75 Å². The lowest BCUT2D eigenvalue weighted by Crippen LogP contribution is -2.25. The van der Waals surface area contributed by atoms with Crippen molar-refractivity contribution in [2.24, 2.45) is 11.1 Å². The van der Waals surface area contributed by atoms with Crippen LogP contribution in [0.4, 0.5) is 0 Å². The molecule has 0 aromatic heterocycles. The predicted octanol–water partition coefficient (Wildman–Crippen LogP) is 3.95. The maximum absolute atomic E-state index is 5.94. The van der Waals surface area contributed by atoms with Crippen molar-refractivity contribution in [1.29, 1.82) is 0 Å². The largest absolute Gasteiger partial charge is 0.493 e. The Morgan fingerprint density at radius 3 is 2.56 bits per heavy atom. The van der Waals surface area contributed by atoms with Gasteiger partial charge in [-0.05, 0) is 42.3 Å². The van der Waals surface area contributed by atoms with Gasteiger partial charge in [0.2, 0.25) is 0 Å². The van der Waals surface area contributed by atoms with Gasteiger partial charge in [0.25, 0.3) is 0 Å². The van der Waals surface area contributed by atoms with Gasteiger partial charge in [-0.1, -0.05) is 45.9 Å². The Balaban J connectivity index is 2.62. The van der Waals surface area contributed by atoms with Crippen LogP contribution < -0.4 is 10.5 Å². The molecule has 0 saturated heterocycles. The first-order valence-corrected chi connectivity index (χ1v) is 6.92. The van der Waals surface area contributed by atoms with E-state index in [0.29, 0.717) is 12.5 Å².